The highest BCUT2D eigenvalue weighted by atomic mass is 19.1. The van der Waals surface area contributed by atoms with Gasteiger partial charge in [-0.2, -0.15) is 4.39 Å². The number of hydrogen-bond donors (Lipinski definition) is 0. The summed E-state index contributed by atoms with van der Waals surface area (Å²) < 4.78 is 17.1. The number of ether oxygens (including phenoxy) is 1. The van der Waals surface area contributed by atoms with E-state index in [9.17, 15) is 9.18 Å². The molecule has 0 aliphatic carbocycles. The normalized spacial score (nSPS) is 9.58. The lowest BCUT2D eigenvalue weighted by Crippen LogP contribution is -1.96. The Morgan fingerprint density at radius 1 is 1.50 bits per heavy atom. The number of hydrogen-bond acceptors (Lipinski definition) is 2. The van der Waals surface area contributed by atoms with Gasteiger partial charge in [0.25, 0.3) is 0 Å². The van der Waals surface area contributed by atoms with Crippen LogP contribution in [0.15, 0.2) is 18.2 Å². The second kappa shape index (κ2) is 3.34. The molecule has 0 aromatic heterocycles. The first-order valence-corrected chi connectivity index (χ1v) is 3.49. The molecule has 0 N–H and O–H groups in total. The quantitative estimate of drug-likeness (QED) is 0.632. The van der Waals surface area contributed by atoms with Crippen molar-refractivity contribution in [3.8, 4) is 5.75 Å². The lowest BCUT2D eigenvalue weighted by atomic mass is 10.1. The van der Waals surface area contributed by atoms with Gasteiger partial charge in [-0.05, 0) is 19.1 Å². The van der Waals surface area contributed by atoms with E-state index in [0.29, 0.717) is 0 Å². The van der Waals surface area contributed by atoms with Crippen LogP contribution in [-0.2, 0) is 0 Å². The first kappa shape index (κ1) is 8.71. The Labute approximate surface area is 70.0 Å². The van der Waals surface area contributed by atoms with E-state index >= 15 is 0 Å². The third-order valence-corrected chi connectivity index (χ3v) is 1.57. The highest BCUT2D eigenvalue weighted by Gasteiger charge is 2.10. The summed E-state index contributed by atoms with van der Waals surface area (Å²) in [6, 6.07) is 3.32. The molecule has 1 aromatic carbocycles. The molecule has 2 nitrogen and oxygen atoms in total. The third-order valence-electron chi connectivity index (χ3n) is 1.57. The Kier molecular flexibility index (Phi) is 2.43. The SMILES string of the molecule is COc1ccc(C)cc1C(=O)F. The van der Waals surface area contributed by atoms with Crippen molar-refractivity contribution in [2.75, 3.05) is 7.11 Å². The Hall–Kier alpha value is -1.38. The summed E-state index contributed by atoms with van der Waals surface area (Å²) in [5, 5.41) is 0. The average Bonchev–Trinajstić information content (AvgIpc) is 2.04. The molecule has 1 rings (SSSR count). The van der Waals surface area contributed by atoms with Crippen molar-refractivity contribution in [3.05, 3.63) is 29.3 Å². The van der Waals surface area contributed by atoms with Gasteiger partial charge in [0, 0.05) is 0 Å². The van der Waals surface area contributed by atoms with E-state index < -0.39 is 6.04 Å². The summed E-state index contributed by atoms with van der Waals surface area (Å²) >= 11 is 0. The minimum Gasteiger partial charge on any atom is -0.496 e. The Bertz CT molecular complexity index is 307. The lowest BCUT2D eigenvalue weighted by Gasteiger charge is -2.03. The zero-order valence-electron chi connectivity index (χ0n) is 6.93. The summed E-state index contributed by atoms with van der Waals surface area (Å²) in [6.07, 6.45) is 0. The lowest BCUT2D eigenvalue weighted by molar-refractivity contribution is 0.0832. The van der Waals surface area contributed by atoms with Gasteiger partial charge in [0.1, 0.15) is 5.75 Å². The maximum atomic E-state index is 12.3. The van der Waals surface area contributed by atoms with Gasteiger partial charge in [-0.15, -0.1) is 0 Å². The molecule has 0 saturated carbocycles. The van der Waals surface area contributed by atoms with Crippen LogP contribution in [0.5, 0.6) is 5.75 Å². The molecule has 0 spiro atoms. The van der Waals surface area contributed by atoms with Crippen molar-refractivity contribution < 1.29 is 13.9 Å². The van der Waals surface area contributed by atoms with Gasteiger partial charge >= 0.3 is 6.04 Å². The summed E-state index contributed by atoms with van der Waals surface area (Å²) in [4.78, 5) is 10.4. The van der Waals surface area contributed by atoms with Gasteiger partial charge in [-0.25, -0.2) is 0 Å². The molecule has 0 saturated heterocycles. The minimum atomic E-state index is -1.46. The average molecular weight is 168 g/mol. The van der Waals surface area contributed by atoms with Gasteiger partial charge in [0.15, 0.2) is 0 Å². The molecule has 64 valence electrons. The molecule has 0 atom stereocenters. The van der Waals surface area contributed by atoms with Crippen LogP contribution in [0.1, 0.15) is 15.9 Å². The minimum absolute atomic E-state index is 0.0162. The molecule has 0 amide bonds. The van der Waals surface area contributed by atoms with Crippen LogP contribution < -0.4 is 4.74 Å². The number of aryl methyl sites for hydroxylation is 1. The number of carbonyl (C=O) groups is 1. The van der Waals surface area contributed by atoms with E-state index in [1.807, 2.05) is 0 Å². The molecular weight excluding hydrogens is 159 g/mol. The fourth-order valence-electron chi connectivity index (χ4n) is 0.975. The predicted octanol–water partition coefficient (Wildman–Crippen LogP) is 2.11. The molecule has 12 heavy (non-hydrogen) atoms. The van der Waals surface area contributed by atoms with E-state index in [4.69, 9.17) is 4.74 Å². The summed E-state index contributed by atoms with van der Waals surface area (Å²) in [5.74, 6) is 0.271. The van der Waals surface area contributed by atoms with Gasteiger partial charge < -0.3 is 4.74 Å². The molecule has 0 radical (unpaired) electrons. The number of rotatable bonds is 2. The fraction of sp³-hybridized carbons (Fsp3) is 0.222. The van der Waals surface area contributed by atoms with Crippen LogP contribution in [0.2, 0.25) is 0 Å². The summed E-state index contributed by atoms with van der Waals surface area (Å²) in [7, 11) is 1.40. The Morgan fingerprint density at radius 2 is 2.17 bits per heavy atom. The molecule has 0 aliphatic heterocycles. The summed E-state index contributed by atoms with van der Waals surface area (Å²) in [5.41, 5.74) is 0.814. The first-order chi connectivity index (χ1) is 5.65. The molecule has 0 unspecified atom stereocenters. The molecule has 1 aromatic rings. The van der Waals surface area contributed by atoms with Gasteiger partial charge in [-0.1, -0.05) is 11.6 Å². The van der Waals surface area contributed by atoms with Gasteiger partial charge in [-0.3, -0.25) is 4.79 Å². The largest absolute Gasteiger partial charge is 0.496 e. The zero-order chi connectivity index (χ0) is 9.14. The van der Waals surface area contributed by atoms with Crippen molar-refractivity contribution in [2.24, 2.45) is 0 Å². The van der Waals surface area contributed by atoms with Crippen molar-refractivity contribution in [1.29, 1.82) is 0 Å². The van der Waals surface area contributed by atoms with Crippen LogP contribution in [0.25, 0.3) is 0 Å². The highest BCUT2D eigenvalue weighted by Crippen LogP contribution is 2.20. The summed E-state index contributed by atoms with van der Waals surface area (Å²) in [6.45, 7) is 1.78. The van der Waals surface area contributed by atoms with E-state index in [0.717, 1.165) is 5.56 Å². The third kappa shape index (κ3) is 1.61. The topological polar surface area (TPSA) is 26.3 Å². The fourth-order valence-corrected chi connectivity index (χ4v) is 0.975. The second-order valence-corrected chi connectivity index (χ2v) is 2.48. The molecule has 0 aliphatic rings. The smallest absolute Gasteiger partial charge is 0.335 e. The molecule has 3 heteroatoms. The van der Waals surface area contributed by atoms with Crippen LogP contribution in [0, 0.1) is 6.92 Å². The van der Waals surface area contributed by atoms with Crippen molar-refractivity contribution in [3.63, 3.8) is 0 Å². The molecule has 0 bridgehead atoms. The Morgan fingerprint density at radius 3 is 2.67 bits per heavy atom. The van der Waals surface area contributed by atoms with E-state index in [1.165, 1.54) is 13.2 Å². The van der Waals surface area contributed by atoms with E-state index in [-0.39, 0.29) is 11.3 Å². The maximum Gasteiger partial charge on any atom is 0.335 e. The molecule has 0 fully saturated rings. The monoisotopic (exact) mass is 168 g/mol. The second-order valence-electron chi connectivity index (χ2n) is 2.48. The predicted molar refractivity (Wildman–Crippen MR) is 43.2 cm³/mol. The molecular formula is C9H9FO2. The van der Waals surface area contributed by atoms with Crippen LogP contribution in [0.4, 0.5) is 4.39 Å². The maximum absolute atomic E-state index is 12.3. The number of benzene rings is 1. The van der Waals surface area contributed by atoms with E-state index in [1.54, 1.807) is 19.1 Å². The highest BCUT2D eigenvalue weighted by molar-refractivity contribution is 5.91. The van der Waals surface area contributed by atoms with Gasteiger partial charge in [0.2, 0.25) is 0 Å². The van der Waals surface area contributed by atoms with Crippen molar-refractivity contribution in [1.82, 2.24) is 0 Å². The van der Waals surface area contributed by atoms with Crippen LogP contribution in [-0.4, -0.2) is 13.1 Å². The number of methoxy groups -OCH3 is 1. The van der Waals surface area contributed by atoms with Gasteiger partial charge in [0.05, 0.1) is 12.7 Å². The van der Waals surface area contributed by atoms with Crippen molar-refractivity contribution in [2.45, 2.75) is 6.92 Å². The number of halogens is 1. The zero-order valence-corrected chi connectivity index (χ0v) is 6.93. The molecule has 0 heterocycles. The van der Waals surface area contributed by atoms with Crippen molar-refractivity contribution >= 4 is 6.04 Å². The standard InChI is InChI=1S/C9H9FO2/c1-6-3-4-8(12-2)7(5-6)9(10)11/h3-5H,1-2H3. The first-order valence-electron chi connectivity index (χ1n) is 3.49. The van der Waals surface area contributed by atoms with E-state index in [2.05, 4.69) is 0 Å². The van der Waals surface area contributed by atoms with Crippen LogP contribution >= 0.6 is 0 Å². The van der Waals surface area contributed by atoms with Crippen LogP contribution in [0.3, 0.4) is 0 Å². The Balaban J connectivity index is 3.21. The number of carbonyl (C=O) groups excluding carboxylic acids is 1.